The molecule has 0 aliphatic carbocycles. The molecule has 0 radical (unpaired) electrons. The lowest BCUT2D eigenvalue weighted by atomic mass is 9.99. The van der Waals surface area contributed by atoms with Crippen molar-refractivity contribution in [2.24, 2.45) is 0 Å². The number of phenols is 1. The van der Waals surface area contributed by atoms with E-state index in [2.05, 4.69) is 0 Å². The number of hydrogen-bond acceptors (Lipinski definition) is 10. The number of ether oxygens (including phenoxy) is 3. The van der Waals surface area contributed by atoms with Gasteiger partial charge in [0.05, 0.1) is 13.7 Å². The summed E-state index contributed by atoms with van der Waals surface area (Å²) in [5.41, 5.74) is 0.00651. The zero-order valence-electron chi connectivity index (χ0n) is 16.9. The molecule has 3 aromatic rings. The van der Waals surface area contributed by atoms with Crippen molar-refractivity contribution in [3.8, 4) is 28.6 Å². The van der Waals surface area contributed by atoms with Gasteiger partial charge in [0.25, 0.3) is 0 Å². The van der Waals surface area contributed by atoms with Crippen LogP contribution in [0.4, 0.5) is 0 Å². The Hall–Kier alpha value is -3.15. The van der Waals surface area contributed by atoms with Gasteiger partial charge in [-0.3, -0.25) is 4.79 Å². The quantitative estimate of drug-likeness (QED) is 0.370. The molecule has 0 saturated carbocycles. The molecule has 5 atom stereocenters. The van der Waals surface area contributed by atoms with Crippen LogP contribution in [0.2, 0.25) is 0 Å². The number of aliphatic hydroxyl groups is 4. The molecule has 0 bridgehead atoms. The van der Waals surface area contributed by atoms with E-state index in [-0.39, 0.29) is 28.2 Å². The molecule has 2 aromatic carbocycles. The van der Waals surface area contributed by atoms with Gasteiger partial charge >= 0.3 is 0 Å². The Labute approximate surface area is 181 Å². The first kappa shape index (κ1) is 22.1. The van der Waals surface area contributed by atoms with E-state index in [9.17, 15) is 30.3 Å². The molecule has 1 fully saturated rings. The molecule has 4 rings (SSSR count). The van der Waals surface area contributed by atoms with Gasteiger partial charge in [-0.25, -0.2) is 0 Å². The van der Waals surface area contributed by atoms with Gasteiger partial charge in [-0.05, 0) is 0 Å². The maximum absolute atomic E-state index is 12.7. The maximum Gasteiger partial charge on any atom is 0.229 e. The van der Waals surface area contributed by atoms with Crippen LogP contribution >= 0.6 is 0 Å². The number of aliphatic hydroxyl groups excluding tert-OH is 4. The van der Waals surface area contributed by atoms with Crippen LogP contribution in [0.3, 0.4) is 0 Å². The Morgan fingerprint density at radius 3 is 2.41 bits per heavy atom. The molecular formula is C22H22O10. The highest BCUT2D eigenvalue weighted by molar-refractivity contribution is 5.91. The van der Waals surface area contributed by atoms with Gasteiger partial charge in [-0.1, -0.05) is 30.3 Å². The van der Waals surface area contributed by atoms with Crippen molar-refractivity contribution in [3.63, 3.8) is 0 Å². The third-order valence-corrected chi connectivity index (χ3v) is 5.26. The van der Waals surface area contributed by atoms with Crippen molar-refractivity contribution in [2.75, 3.05) is 13.7 Å². The van der Waals surface area contributed by atoms with E-state index < -0.39 is 48.5 Å². The Kier molecular flexibility index (Phi) is 6.04. The van der Waals surface area contributed by atoms with E-state index in [1.165, 1.54) is 13.2 Å². The van der Waals surface area contributed by atoms with Gasteiger partial charge in [-0.2, -0.15) is 0 Å². The van der Waals surface area contributed by atoms with Crippen LogP contribution in [-0.4, -0.2) is 70.0 Å². The first-order valence-corrected chi connectivity index (χ1v) is 9.76. The zero-order chi connectivity index (χ0) is 23.0. The number of phenolic OH excluding ortho intramolecular Hbond substituents is 1. The molecule has 10 nitrogen and oxygen atoms in total. The highest BCUT2D eigenvalue weighted by atomic mass is 16.7. The second-order valence-electron chi connectivity index (χ2n) is 7.29. The minimum atomic E-state index is -1.68. The Balaban J connectivity index is 1.81. The number of methoxy groups -OCH3 is 1. The van der Waals surface area contributed by atoms with E-state index in [1.807, 2.05) is 6.07 Å². The van der Waals surface area contributed by atoms with E-state index in [0.717, 1.165) is 6.07 Å². The average molecular weight is 446 g/mol. The molecule has 0 spiro atoms. The molecule has 0 amide bonds. The van der Waals surface area contributed by atoms with Crippen molar-refractivity contribution in [1.29, 1.82) is 0 Å². The lowest BCUT2D eigenvalue weighted by Gasteiger charge is -2.39. The van der Waals surface area contributed by atoms with Crippen molar-refractivity contribution in [2.45, 2.75) is 30.7 Å². The van der Waals surface area contributed by atoms with Gasteiger partial charge in [-0.15, -0.1) is 0 Å². The predicted octanol–water partition coefficient (Wildman–Crippen LogP) is 0.353. The van der Waals surface area contributed by atoms with Crippen LogP contribution in [0.5, 0.6) is 17.2 Å². The number of aromatic hydroxyl groups is 1. The summed E-state index contributed by atoms with van der Waals surface area (Å²) in [6.07, 6.45) is -7.62. The van der Waals surface area contributed by atoms with Gasteiger partial charge in [0.2, 0.25) is 12.0 Å². The topological polar surface area (TPSA) is 159 Å². The fourth-order valence-corrected chi connectivity index (χ4v) is 3.59. The molecule has 1 aromatic heterocycles. The van der Waals surface area contributed by atoms with Gasteiger partial charge in [0.15, 0.2) is 16.8 Å². The third kappa shape index (κ3) is 3.78. The van der Waals surface area contributed by atoms with Gasteiger partial charge in [0, 0.05) is 17.7 Å². The lowest BCUT2D eigenvalue weighted by molar-refractivity contribution is -0.277. The van der Waals surface area contributed by atoms with Crippen LogP contribution < -0.4 is 14.9 Å². The molecule has 1 aliphatic heterocycles. The van der Waals surface area contributed by atoms with Crippen molar-refractivity contribution >= 4 is 11.0 Å². The van der Waals surface area contributed by atoms with E-state index in [0.29, 0.717) is 5.56 Å². The third-order valence-electron chi connectivity index (χ3n) is 5.26. The molecular weight excluding hydrogens is 424 g/mol. The Morgan fingerprint density at radius 1 is 1.03 bits per heavy atom. The Bertz CT molecular complexity index is 1160. The highest BCUT2D eigenvalue weighted by Crippen LogP contribution is 2.42. The molecule has 10 heteroatoms. The summed E-state index contributed by atoms with van der Waals surface area (Å²) in [4.78, 5) is 12.7. The second kappa shape index (κ2) is 8.77. The minimum Gasteiger partial charge on any atom is -0.507 e. The smallest absolute Gasteiger partial charge is 0.229 e. The van der Waals surface area contributed by atoms with Crippen LogP contribution in [-0.2, 0) is 4.74 Å². The number of rotatable bonds is 5. The highest BCUT2D eigenvalue weighted by Gasteiger charge is 2.45. The maximum atomic E-state index is 12.7. The summed E-state index contributed by atoms with van der Waals surface area (Å²) < 4.78 is 22.2. The molecule has 2 heterocycles. The summed E-state index contributed by atoms with van der Waals surface area (Å²) in [5, 5.41) is 49.9. The van der Waals surface area contributed by atoms with Crippen LogP contribution in [0.15, 0.2) is 51.7 Å². The van der Waals surface area contributed by atoms with E-state index in [1.54, 1.807) is 24.3 Å². The van der Waals surface area contributed by atoms with Crippen LogP contribution in [0.1, 0.15) is 0 Å². The van der Waals surface area contributed by atoms with E-state index >= 15 is 0 Å². The van der Waals surface area contributed by atoms with Crippen molar-refractivity contribution in [1.82, 2.24) is 0 Å². The standard InChI is InChI=1S/C22H22O10/c1-29-20-14(31-22-19(28)18(27)17(26)15(9-23)32-22)8-12(25)16-11(24)7-13(30-21(16)20)10-5-3-2-4-6-10/h2-8,15,17-19,22-23,25-28H,9H2,1H3/t15-,17-,18+,19-,22-/m1/s1. The molecule has 5 N–H and O–H groups in total. The first-order chi connectivity index (χ1) is 15.3. The predicted molar refractivity (Wildman–Crippen MR) is 111 cm³/mol. The number of hydrogen-bond donors (Lipinski definition) is 5. The monoisotopic (exact) mass is 446 g/mol. The molecule has 32 heavy (non-hydrogen) atoms. The summed E-state index contributed by atoms with van der Waals surface area (Å²) in [7, 11) is 1.29. The fourth-order valence-electron chi connectivity index (χ4n) is 3.59. The number of fused-ring (bicyclic) bond motifs is 1. The molecule has 1 aliphatic rings. The molecule has 1 saturated heterocycles. The fraction of sp³-hybridized carbons (Fsp3) is 0.318. The molecule has 0 unspecified atom stereocenters. The van der Waals surface area contributed by atoms with Gasteiger partial charge < -0.3 is 44.2 Å². The van der Waals surface area contributed by atoms with Crippen molar-refractivity contribution in [3.05, 3.63) is 52.7 Å². The SMILES string of the molecule is COc1c(O[C@@H]2O[C@H](CO)[C@@H](O)[C@H](O)[C@H]2O)cc(O)c2c(=O)cc(-c3ccccc3)oc12. The Morgan fingerprint density at radius 2 is 1.75 bits per heavy atom. The number of benzene rings is 2. The van der Waals surface area contributed by atoms with Crippen molar-refractivity contribution < 1.29 is 44.2 Å². The average Bonchev–Trinajstić information content (AvgIpc) is 2.79. The summed E-state index contributed by atoms with van der Waals surface area (Å²) in [6.45, 7) is -0.639. The zero-order valence-corrected chi connectivity index (χ0v) is 16.9. The summed E-state index contributed by atoms with van der Waals surface area (Å²) >= 11 is 0. The second-order valence-corrected chi connectivity index (χ2v) is 7.29. The summed E-state index contributed by atoms with van der Waals surface area (Å²) in [5.74, 6) is -0.459. The van der Waals surface area contributed by atoms with Crippen LogP contribution in [0.25, 0.3) is 22.3 Å². The van der Waals surface area contributed by atoms with E-state index in [4.69, 9.17) is 18.6 Å². The first-order valence-electron chi connectivity index (χ1n) is 9.76. The lowest BCUT2D eigenvalue weighted by Crippen LogP contribution is -2.60. The van der Waals surface area contributed by atoms with Crippen LogP contribution in [0, 0.1) is 0 Å². The molecule has 170 valence electrons. The minimum absolute atomic E-state index is 0.0651. The largest absolute Gasteiger partial charge is 0.507 e. The normalized spacial score (nSPS) is 25.6. The summed E-state index contributed by atoms with van der Waals surface area (Å²) in [6, 6.07) is 11.2. The van der Waals surface area contributed by atoms with Gasteiger partial charge in [0.1, 0.15) is 41.3 Å².